The van der Waals surface area contributed by atoms with Gasteiger partial charge in [-0.25, -0.2) is 0 Å². The first-order valence-electron chi connectivity index (χ1n) is 13.6. The lowest BCUT2D eigenvalue weighted by atomic mass is 9.69. The Morgan fingerprint density at radius 1 is 1.14 bits per heavy atom. The van der Waals surface area contributed by atoms with Gasteiger partial charge in [0.2, 0.25) is 17.7 Å². The van der Waals surface area contributed by atoms with Crippen LogP contribution in [0.5, 0.6) is 0 Å². The highest BCUT2D eigenvalue weighted by molar-refractivity contribution is 6.31. The Morgan fingerprint density at radius 2 is 1.89 bits per heavy atom. The van der Waals surface area contributed by atoms with Crippen molar-refractivity contribution in [3.05, 3.63) is 34.3 Å². The summed E-state index contributed by atoms with van der Waals surface area (Å²) in [6.07, 6.45) is 7.15. The third-order valence-electron chi connectivity index (χ3n) is 8.83. The number of nitrogens with zero attached hydrogens (tertiary/aromatic N) is 4. The van der Waals surface area contributed by atoms with E-state index in [1.54, 1.807) is 35.0 Å². The molecule has 2 aliphatic carbocycles. The maximum Gasteiger partial charge on any atom is 0.242 e. The second-order valence-electron chi connectivity index (χ2n) is 11.3. The summed E-state index contributed by atoms with van der Waals surface area (Å²) in [7, 11) is 1.72. The zero-order valence-corrected chi connectivity index (χ0v) is 22.3. The molecule has 198 valence electrons. The normalized spacial score (nSPS) is 26.4. The molecule has 2 saturated heterocycles. The number of likely N-dealkylation sites (N-methyl/N-ethyl adjacent to an activating group) is 1. The fourth-order valence-corrected chi connectivity index (χ4v) is 6.64. The highest BCUT2D eigenvalue weighted by atomic mass is 35.5. The van der Waals surface area contributed by atoms with E-state index >= 15 is 0 Å². The van der Waals surface area contributed by atoms with Crippen molar-refractivity contribution in [2.45, 2.75) is 57.5 Å². The van der Waals surface area contributed by atoms with Crippen LogP contribution in [-0.2, 0) is 20.9 Å². The highest BCUT2D eigenvalue weighted by Crippen LogP contribution is 2.41. The number of nitrogens with one attached hydrogen (secondary N) is 1. The van der Waals surface area contributed by atoms with E-state index in [1.807, 2.05) is 6.07 Å². The van der Waals surface area contributed by atoms with Crippen LogP contribution in [0, 0.1) is 35.0 Å². The summed E-state index contributed by atoms with van der Waals surface area (Å²) >= 11 is 6.13. The van der Waals surface area contributed by atoms with E-state index in [-0.39, 0.29) is 36.2 Å². The number of benzene rings is 1. The van der Waals surface area contributed by atoms with Crippen molar-refractivity contribution in [2.24, 2.45) is 23.7 Å². The van der Waals surface area contributed by atoms with Gasteiger partial charge in [-0.15, -0.1) is 0 Å². The predicted molar refractivity (Wildman–Crippen MR) is 139 cm³/mol. The number of hydrogen-bond donors (Lipinski definition) is 1. The van der Waals surface area contributed by atoms with E-state index in [0.29, 0.717) is 41.5 Å². The molecule has 0 radical (unpaired) electrons. The fraction of sp³-hybridized carbons (Fsp3) is 0.643. The molecule has 5 rings (SSSR count). The van der Waals surface area contributed by atoms with E-state index < -0.39 is 0 Å². The highest BCUT2D eigenvalue weighted by Gasteiger charge is 2.44. The van der Waals surface area contributed by atoms with Crippen LogP contribution in [0.1, 0.15) is 56.1 Å². The first-order valence-corrected chi connectivity index (χ1v) is 13.9. The molecule has 2 saturated carbocycles. The van der Waals surface area contributed by atoms with Gasteiger partial charge < -0.3 is 14.7 Å². The van der Waals surface area contributed by atoms with Gasteiger partial charge in [0, 0.05) is 38.6 Å². The van der Waals surface area contributed by atoms with E-state index in [2.05, 4.69) is 10.2 Å². The Kier molecular flexibility index (Phi) is 7.73. The Morgan fingerprint density at radius 3 is 2.57 bits per heavy atom. The van der Waals surface area contributed by atoms with Gasteiger partial charge in [-0.1, -0.05) is 17.7 Å². The molecule has 3 amide bonds. The van der Waals surface area contributed by atoms with Gasteiger partial charge in [-0.3, -0.25) is 19.7 Å². The molecule has 9 heteroatoms. The van der Waals surface area contributed by atoms with Crippen LogP contribution < -0.4 is 5.32 Å². The predicted octanol–water partition coefficient (Wildman–Crippen LogP) is 2.99. The number of halogens is 1. The molecule has 3 atom stereocenters. The van der Waals surface area contributed by atoms with Gasteiger partial charge >= 0.3 is 0 Å². The minimum Gasteiger partial charge on any atom is -0.342 e. The minimum atomic E-state index is -0.130. The number of fused-ring (bicyclic) bond motifs is 1. The van der Waals surface area contributed by atoms with Gasteiger partial charge in [0.25, 0.3) is 0 Å². The zero-order chi connectivity index (χ0) is 26.1. The van der Waals surface area contributed by atoms with Crippen molar-refractivity contribution in [3.63, 3.8) is 0 Å². The SMILES string of the molecule is CN(Cc1ccc(C#N)c(Cl)c1)C(=O)CN1CNC2CCC(C3CCN(C(=O)C4CC4)CC3)CC2C1=O. The maximum atomic E-state index is 13.5. The minimum absolute atomic E-state index is 0.0435. The zero-order valence-electron chi connectivity index (χ0n) is 21.5. The summed E-state index contributed by atoms with van der Waals surface area (Å²) < 4.78 is 0. The van der Waals surface area contributed by atoms with Crippen LogP contribution in [0.3, 0.4) is 0 Å². The van der Waals surface area contributed by atoms with Crippen molar-refractivity contribution in [2.75, 3.05) is 33.4 Å². The second-order valence-corrected chi connectivity index (χ2v) is 11.7. The lowest BCUT2D eigenvalue weighted by molar-refractivity contribution is -0.148. The molecule has 0 spiro atoms. The van der Waals surface area contributed by atoms with Crippen molar-refractivity contribution >= 4 is 29.3 Å². The van der Waals surface area contributed by atoms with Crippen molar-refractivity contribution in [1.29, 1.82) is 5.26 Å². The van der Waals surface area contributed by atoms with E-state index in [4.69, 9.17) is 16.9 Å². The Labute approximate surface area is 223 Å². The third-order valence-corrected chi connectivity index (χ3v) is 9.15. The molecule has 4 fully saturated rings. The smallest absolute Gasteiger partial charge is 0.242 e. The lowest BCUT2D eigenvalue weighted by Gasteiger charge is -2.46. The number of likely N-dealkylation sites (tertiary alicyclic amines) is 1. The van der Waals surface area contributed by atoms with Crippen LogP contribution in [0.2, 0.25) is 5.02 Å². The molecular formula is C28H36ClN5O3. The molecule has 4 aliphatic rings. The van der Waals surface area contributed by atoms with Crippen molar-refractivity contribution in [1.82, 2.24) is 20.0 Å². The quantitative estimate of drug-likeness (QED) is 0.616. The second kappa shape index (κ2) is 11.0. The molecule has 0 bridgehead atoms. The van der Waals surface area contributed by atoms with Crippen molar-refractivity contribution in [3.8, 4) is 6.07 Å². The van der Waals surface area contributed by atoms with Gasteiger partial charge in [0.05, 0.1) is 23.2 Å². The number of carbonyl (C=O) groups is 3. The van der Waals surface area contributed by atoms with E-state index in [0.717, 1.165) is 63.6 Å². The van der Waals surface area contributed by atoms with Crippen LogP contribution in [-0.4, -0.2) is 71.8 Å². The molecule has 1 aromatic rings. The number of rotatable bonds is 6. The molecular weight excluding hydrogens is 490 g/mol. The van der Waals surface area contributed by atoms with Crippen LogP contribution >= 0.6 is 11.6 Å². The number of nitriles is 1. The van der Waals surface area contributed by atoms with Crippen molar-refractivity contribution < 1.29 is 14.4 Å². The molecule has 2 aliphatic heterocycles. The largest absolute Gasteiger partial charge is 0.342 e. The average Bonchev–Trinajstić information content (AvgIpc) is 3.76. The van der Waals surface area contributed by atoms with Gasteiger partial charge in [0.15, 0.2) is 0 Å². The summed E-state index contributed by atoms with van der Waals surface area (Å²) in [5.74, 6) is 1.57. The lowest BCUT2D eigenvalue weighted by Crippen LogP contribution is -2.60. The van der Waals surface area contributed by atoms with E-state index in [1.165, 1.54) is 0 Å². The molecule has 0 aromatic heterocycles. The van der Waals surface area contributed by atoms with E-state index in [9.17, 15) is 14.4 Å². The molecule has 3 unspecified atom stereocenters. The Hall–Kier alpha value is -2.63. The molecule has 37 heavy (non-hydrogen) atoms. The molecule has 1 N–H and O–H groups in total. The molecule has 1 aromatic carbocycles. The summed E-state index contributed by atoms with van der Waals surface area (Å²) in [5, 5.41) is 12.9. The average molecular weight is 526 g/mol. The monoisotopic (exact) mass is 525 g/mol. The van der Waals surface area contributed by atoms with Crippen LogP contribution in [0.15, 0.2) is 18.2 Å². The Bertz CT molecular complexity index is 1090. The maximum absolute atomic E-state index is 13.5. The number of piperidine rings is 1. The van der Waals surface area contributed by atoms with Gasteiger partial charge in [-0.2, -0.15) is 5.26 Å². The van der Waals surface area contributed by atoms with Gasteiger partial charge in [-0.05, 0) is 74.5 Å². The first-order chi connectivity index (χ1) is 17.8. The number of hydrogen-bond acceptors (Lipinski definition) is 5. The summed E-state index contributed by atoms with van der Waals surface area (Å²) in [6.45, 7) is 2.51. The van der Waals surface area contributed by atoms with Crippen LogP contribution in [0.25, 0.3) is 0 Å². The fourth-order valence-electron chi connectivity index (χ4n) is 6.40. The standard InChI is InChI=1S/C28H36ClN5O3/c1-32(15-18-2-3-22(14-30)24(29)12-18)26(35)16-34-17-31-25-7-6-21(13-23(25)28(34)37)19-8-10-33(11-9-19)27(36)20-4-5-20/h2-3,12,19-21,23,25,31H,4-11,13,15-17H2,1H3. The molecule has 2 heterocycles. The summed E-state index contributed by atoms with van der Waals surface area (Å²) in [5.41, 5.74) is 1.24. The third kappa shape index (κ3) is 5.78. The number of carbonyl (C=O) groups excluding carboxylic acids is 3. The topological polar surface area (TPSA) is 96.8 Å². The molecule has 8 nitrogen and oxygen atoms in total. The first kappa shape index (κ1) is 26.0. The van der Waals surface area contributed by atoms with Gasteiger partial charge in [0.1, 0.15) is 12.6 Å². The number of amides is 3. The summed E-state index contributed by atoms with van der Waals surface area (Å²) in [6, 6.07) is 7.38. The summed E-state index contributed by atoms with van der Waals surface area (Å²) in [4.78, 5) is 44.1. The Balaban J connectivity index is 1.13. The van der Waals surface area contributed by atoms with Crippen LogP contribution in [0.4, 0.5) is 0 Å².